The second-order valence-electron chi connectivity index (χ2n) is 4.42. The SMILES string of the molecule is CCCCCCC(C(C)=O)c1ccccc1. The molecule has 1 aromatic carbocycles. The van der Waals surface area contributed by atoms with Crippen LogP contribution in [0, 0.1) is 0 Å². The summed E-state index contributed by atoms with van der Waals surface area (Å²) in [5.41, 5.74) is 1.17. The first-order valence-electron chi connectivity index (χ1n) is 6.31. The Bertz CT molecular complexity index is 302. The summed E-state index contributed by atoms with van der Waals surface area (Å²) < 4.78 is 0. The van der Waals surface area contributed by atoms with Crippen molar-refractivity contribution in [1.29, 1.82) is 0 Å². The van der Waals surface area contributed by atoms with E-state index in [1.54, 1.807) is 6.92 Å². The van der Waals surface area contributed by atoms with Crippen LogP contribution < -0.4 is 0 Å². The lowest BCUT2D eigenvalue weighted by Crippen LogP contribution is -2.08. The molecule has 88 valence electrons. The summed E-state index contributed by atoms with van der Waals surface area (Å²) >= 11 is 0. The van der Waals surface area contributed by atoms with Gasteiger partial charge in [-0.1, -0.05) is 62.9 Å². The third-order valence-corrected chi connectivity index (χ3v) is 3.04. The van der Waals surface area contributed by atoms with Crippen LogP contribution >= 0.6 is 0 Å². The molecule has 1 atom stereocenters. The molecular formula is C15H22O. The fraction of sp³-hybridized carbons (Fsp3) is 0.533. The third-order valence-electron chi connectivity index (χ3n) is 3.04. The number of carbonyl (C=O) groups excluding carboxylic acids is 1. The van der Waals surface area contributed by atoms with Crippen molar-refractivity contribution in [2.45, 2.75) is 51.9 Å². The fourth-order valence-electron chi connectivity index (χ4n) is 2.07. The van der Waals surface area contributed by atoms with Gasteiger partial charge in [0, 0.05) is 5.92 Å². The van der Waals surface area contributed by atoms with E-state index in [-0.39, 0.29) is 5.92 Å². The van der Waals surface area contributed by atoms with E-state index in [1.807, 2.05) is 18.2 Å². The molecule has 1 rings (SSSR count). The molecule has 1 nitrogen and oxygen atoms in total. The number of benzene rings is 1. The number of carbonyl (C=O) groups is 1. The first kappa shape index (κ1) is 13.0. The lowest BCUT2D eigenvalue weighted by atomic mass is 9.90. The highest BCUT2D eigenvalue weighted by molar-refractivity contribution is 5.83. The first-order chi connectivity index (χ1) is 7.75. The summed E-state index contributed by atoms with van der Waals surface area (Å²) in [6.45, 7) is 3.91. The standard InChI is InChI=1S/C15H22O/c1-3-4-5-9-12-15(13(2)16)14-10-7-6-8-11-14/h6-8,10-11,15H,3-5,9,12H2,1-2H3. The largest absolute Gasteiger partial charge is 0.299 e. The van der Waals surface area contributed by atoms with Crippen LogP contribution in [0.4, 0.5) is 0 Å². The Morgan fingerprint density at radius 2 is 1.81 bits per heavy atom. The van der Waals surface area contributed by atoms with Gasteiger partial charge in [-0.05, 0) is 18.9 Å². The summed E-state index contributed by atoms with van der Waals surface area (Å²) in [6.07, 6.45) is 5.93. The molecule has 0 saturated heterocycles. The average molecular weight is 218 g/mol. The Morgan fingerprint density at radius 1 is 1.12 bits per heavy atom. The summed E-state index contributed by atoms with van der Waals surface area (Å²) in [5.74, 6) is 0.403. The van der Waals surface area contributed by atoms with Crippen LogP contribution in [0.3, 0.4) is 0 Å². The third kappa shape index (κ3) is 4.18. The number of unbranched alkanes of at least 4 members (excludes halogenated alkanes) is 3. The van der Waals surface area contributed by atoms with Crippen LogP contribution in [0.15, 0.2) is 30.3 Å². The number of ketones is 1. The molecule has 0 aliphatic carbocycles. The van der Waals surface area contributed by atoms with Gasteiger partial charge >= 0.3 is 0 Å². The Balaban J connectivity index is 2.52. The number of rotatable bonds is 7. The second kappa shape index (κ2) is 7.21. The van der Waals surface area contributed by atoms with E-state index in [1.165, 1.54) is 24.8 Å². The maximum absolute atomic E-state index is 11.6. The molecule has 0 fully saturated rings. The van der Waals surface area contributed by atoms with Gasteiger partial charge < -0.3 is 0 Å². The Morgan fingerprint density at radius 3 is 2.38 bits per heavy atom. The molecule has 0 heterocycles. The van der Waals surface area contributed by atoms with Crippen molar-refractivity contribution in [3.8, 4) is 0 Å². The number of Topliss-reactive ketones (excluding diaryl/α,β-unsaturated/α-hetero) is 1. The lowest BCUT2D eigenvalue weighted by Gasteiger charge is -2.13. The van der Waals surface area contributed by atoms with Crippen molar-refractivity contribution in [2.75, 3.05) is 0 Å². The molecule has 1 unspecified atom stereocenters. The lowest BCUT2D eigenvalue weighted by molar-refractivity contribution is -0.118. The minimum Gasteiger partial charge on any atom is -0.299 e. The van der Waals surface area contributed by atoms with E-state index in [2.05, 4.69) is 19.1 Å². The van der Waals surface area contributed by atoms with Crippen molar-refractivity contribution in [3.05, 3.63) is 35.9 Å². The molecular weight excluding hydrogens is 196 g/mol. The highest BCUT2D eigenvalue weighted by Gasteiger charge is 2.15. The van der Waals surface area contributed by atoms with Crippen LogP contribution in [0.25, 0.3) is 0 Å². The van der Waals surface area contributed by atoms with E-state index in [0.29, 0.717) is 5.78 Å². The summed E-state index contributed by atoms with van der Waals surface area (Å²) in [7, 11) is 0. The Kier molecular flexibility index (Phi) is 5.84. The van der Waals surface area contributed by atoms with Gasteiger partial charge in [0.15, 0.2) is 0 Å². The molecule has 0 bridgehead atoms. The van der Waals surface area contributed by atoms with Crippen LogP contribution in [0.1, 0.15) is 57.4 Å². The summed E-state index contributed by atoms with van der Waals surface area (Å²) in [5, 5.41) is 0. The zero-order chi connectivity index (χ0) is 11.8. The number of hydrogen-bond donors (Lipinski definition) is 0. The molecule has 1 aromatic rings. The van der Waals surface area contributed by atoms with Crippen LogP contribution in [0.5, 0.6) is 0 Å². The quantitative estimate of drug-likeness (QED) is 0.622. The van der Waals surface area contributed by atoms with Gasteiger partial charge in [0.1, 0.15) is 5.78 Å². The minimum atomic E-state index is 0.109. The van der Waals surface area contributed by atoms with E-state index in [0.717, 1.165) is 12.8 Å². The predicted molar refractivity (Wildman–Crippen MR) is 68.6 cm³/mol. The Hall–Kier alpha value is -1.11. The first-order valence-corrected chi connectivity index (χ1v) is 6.31. The highest BCUT2D eigenvalue weighted by Crippen LogP contribution is 2.23. The smallest absolute Gasteiger partial charge is 0.137 e. The van der Waals surface area contributed by atoms with Crippen molar-refractivity contribution in [1.82, 2.24) is 0 Å². The van der Waals surface area contributed by atoms with Gasteiger partial charge in [-0.15, -0.1) is 0 Å². The van der Waals surface area contributed by atoms with Crippen LogP contribution in [0.2, 0.25) is 0 Å². The number of hydrogen-bond acceptors (Lipinski definition) is 1. The van der Waals surface area contributed by atoms with Crippen molar-refractivity contribution in [2.24, 2.45) is 0 Å². The minimum absolute atomic E-state index is 0.109. The molecule has 0 radical (unpaired) electrons. The van der Waals surface area contributed by atoms with Crippen molar-refractivity contribution < 1.29 is 4.79 Å². The zero-order valence-electron chi connectivity index (χ0n) is 10.4. The summed E-state index contributed by atoms with van der Waals surface area (Å²) in [6, 6.07) is 10.1. The van der Waals surface area contributed by atoms with Gasteiger partial charge in [0.2, 0.25) is 0 Å². The van der Waals surface area contributed by atoms with Crippen LogP contribution in [-0.2, 0) is 4.79 Å². The van der Waals surface area contributed by atoms with Crippen molar-refractivity contribution in [3.63, 3.8) is 0 Å². The van der Waals surface area contributed by atoms with Gasteiger partial charge in [0.25, 0.3) is 0 Å². The fourth-order valence-corrected chi connectivity index (χ4v) is 2.07. The van der Waals surface area contributed by atoms with Gasteiger partial charge in [-0.3, -0.25) is 4.79 Å². The predicted octanol–water partition coefficient (Wildman–Crippen LogP) is 4.33. The van der Waals surface area contributed by atoms with Gasteiger partial charge in [0.05, 0.1) is 0 Å². The molecule has 0 N–H and O–H groups in total. The molecule has 0 amide bonds. The highest BCUT2D eigenvalue weighted by atomic mass is 16.1. The second-order valence-corrected chi connectivity index (χ2v) is 4.42. The molecule has 16 heavy (non-hydrogen) atoms. The maximum Gasteiger partial charge on any atom is 0.137 e. The monoisotopic (exact) mass is 218 g/mol. The van der Waals surface area contributed by atoms with E-state index >= 15 is 0 Å². The molecule has 0 aliphatic rings. The Labute approximate surface area is 98.9 Å². The van der Waals surface area contributed by atoms with E-state index in [4.69, 9.17) is 0 Å². The maximum atomic E-state index is 11.6. The molecule has 0 aromatic heterocycles. The van der Waals surface area contributed by atoms with E-state index in [9.17, 15) is 4.79 Å². The average Bonchev–Trinajstić information content (AvgIpc) is 2.30. The van der Waals surface area contributed by atoms with E-state index < -0.39 is 0 Å². The van der Waals surface area contributed by atoms with Gasteiger partial charge in [-0.2, -0.15) is 0 Å². The van der Waals surface area contributed by atoms with Crippen LogP contribution in [-0.4, -0.2) is 5.78 Å². The molecule has 1 heteroatoms. The summed E-state index contributed by atoms with van der Waals surface area (Å²) in [4.78, 5) is 11.6. The normalized spacial score (nSPS) is 12.4. The zero-order valence-corrected chi connectivity index (χ0v) is 10.4. The van der Waals surface area contributed by atoms with Crippen molar-refractivity contribution >= 4 is 5.78 Å². The topological polar surface area (TPSA) is 17.1 Å². The molecule has 0 spiro atoms. The van der Waals surface area contributed by atoms with Gasteiger partial charge in [-0.25, -0.2) is 0 Å². The molecule has 0 saturated carbocycles. The molecule has 0 aliphatic heterocycles.